The van der Waals surface area contributed by atoms with Crippen molar-refractivity contribution in [1.82, 2.24) is 20.2 Å². The summed E-state index contributed by atoms with van der Waals surface area (Å²) in [6.45, 7) is 3.08. The molecule has 2 N–H and O–H groups in total. The average Bonchev–Trinajstić information content (AvgIpc) is 2.91. The molecule has 0 aliphatic heterocycles. The molecule has 2 heterocycles. The molecule has 0 saturated carbocycles. The highest BCUT2D eigenvalue weighted by Gasteiger charge is 2.24. The maximum Gasteiger partial charge on any atom is 0.343 e. The number of aromatic nitrogens is 2. The summed E-state index contributed by atoms with van der Waals surface area (Å²) in [7, 11) is 1.48. The van der Waals surface area contributed by atoms with Crippen molar-refractivity contribution < 1.29 is 23.5 Å². The van der Waals surface area contributed by atoms with Crippen LogP contribution in [0, 0.1) is 6.92 Å². The second-order valence-corrected chi connectivity index (χ2v) is 5.25. The predicted molar refractivity (Wildman–Crippen MR) is 86.1 cm³/mol. The molecular formula is C15H18N4O6. The number of ether oxygens (including phenoxy) is 1. The van der Waals surface area contributed by atoms with Gasteiger partial charge in [-0.1, -0.05) is 6.92 Å². The van der Waals surface area contributed by atoms with Crippen molar-refractivity contribution in [3.05, 3.63) is 28.0 Å². The van der Waals surface area contributed by atoms with Crippen LogP contribution in [-0.4, -0.2) is 40.6 Å². The van der Waals surface area contributed by atoms with Crippen LogP contribution < -0.4 is 16.2 Å². The van der Waals surface area contributed by atoms with Gasteiger partial charge in [-0.2, -0.15) is 0 Å². The summed E-state index contributed by atoms with van der Waals surface area (Å²) in [5.41, 5.74) is -0.555. The molecule has 10 nitrogen and oxygen atoms in total. The van der Waals surface area contributed by atoms with Gasteiger partial charge in [-0.05, 0) is 13.3 Å². The first kappa shape index (κ1) is 18.2. The van der Waals surface area contributed by atoms with E-state index in [1.165, 1.54) is 24.9 Å². The highest BCUT2D eigenvalue weighted by molar-refractivity contribution is 6.04. The SMILES string of the molecule is CCCNC(=O)NC(=O)COC(=O)c1c(C)oc2ncn(C)c(=O)c12. The van der Waals surface area contributed by atoms with Crippen LogP contribution in [0.25, 0.3) is 11.1 Å². The van der Waals surface area contributed by atoms with E-state index in [0.29, 0.717) is 13.0 Å². The molecule has 2 aromatic heterocycles. The van der Waals surface area contributed by atoms with E-state index in [9.17, 15) is 19.2 Å². The molecule has 0 fully saturated rings. The molecule has 0 bridgehead atoms. The standard InChI is InChI=1S/C15H18N4O6/c1-4-5-16-15(23)18-9(20)6-24-14(22)10-8(2)25-12-11(10)13(21)19(3)7-17-12/h7H,4-6H2,1-3H3,(H2,16,18,20,23). The molecule has 134 valence electrons. The van der Waals surface area contributed by atoms with E-state index < -0.39 is 30.1 Å². The van der Waals surface area contributed by atoms with Crippen molar-refractivity contribution in [2.24, 2.45) is 7.05 Å². The Labute approximate surface area is 142 Å². The van der Waals surface area contributed by atoms with Crippen LogP contribution in [0.3, 0.4) is 0 Å². The van der Waals surface area contributed by atoms with Gasteiger partial charge in [-0.3, -0.25) is 14.9 Å². The summed E-state index contributed by atoms with van der Waals surface area (Å²) < 4.78 is 11.3. The maximum absolute atomic E-state index is 12.2. The molecule has 0 atom stereocenters. The lowest BCUT2D eigenvalue weighted by Crippen LogP contribution is -2.41. The Morgan fingerprint density at radius 2 is 2.08 bits per heavy atom. The Hall–Kier alpha value is -3.17. The van der Waals surface area contributed by atoms with Crippen molar-refractivity contribution in [1.29, 1.82) is 0 Å². The summed E-state index contributed by atoms with van der Waals surface area (Å²) in [6.07, 6.45) is 1.98. The normalized spacial score (nSPS) is 10.5. The number of nitrogens with zero attached hydrogens (tertiary/aromatic N) is 2. The van der Waals surface area contributed by atoms with Gasteiger partial charge in [0, 0.05) is 13.6 Å². The summed E-state index contributed by atoms with van der Waals surface area (Å²) in [5.74, 6) is -1.55. The molecule has 0 aromatic carbocycles. The topological polar surface area (TPSA) is 133 Å². The Morgan fingerprint density at radius 3 is 2.76 bits per heavy atom. The van der Waals surface area contributed by atoms with Gasteiger partial charge >= 0.3 is 12.0 Å². The van der Waals surface area contributed by atoms with Crippen LogP contribution in [-0.2, 0) is 16.6 Å². The molecule has 0 radical (unpaired) electrons. The Balaban J connectivity index is 2.09. The summed E-state index contributed by atoms with van der Waals surface area (Å²) in [4.78, 5) is 51.3. The minimum atomic E-state index is -0.912. The molecular weight excluding hydrogens is 332 g/mol. The monoisotopic (exact) mass is 350 g/mol. The van der Waals surface area contributed by atoms with Crippen molar-refractivity contribution >= 4 is 29.0 Å². The van der Waals surface area contributed by atoms with Gasteiger partial charge in [0.25, 0.3) is 11.5 Å². The molecule has 25 heavy (non-hydrogen) atoms. The van der Waals surface area contributed by atoms with E-state index in [0.717, 1.165) is 0 Å². The largest absolute Gasteiger partial charge is 0.452 e. The lowest BCUT2D eigenvalue weighted by atomic mass is 10.2. The number of hydrogen-bond acceptors (Lipinski definition) is 7. The van der Waals surface area contributed by atoms with E-state index in [4.69, 9.17) is 9.15 Å². The molecule has 2 aromatic rings. The van der Waals surface area contributed by atoms with Crippen LogP contribution in [0.5, 0.6) is 0 Å². The van der Waals surface area contributed by atoms with Gasteiger partial charge in [-0.25, -0.2) is 14.6 Å². The van der Waals surface area contributed by atoms with Gasteiger partial charge in [0.2, 0.25) is 5.71 Å². The Kier molecular flexibility index (Phi) is 5.52. The van der Waals surface area contributed by atoms with E-state index in [2.05, 4.69) is 10.3 Å². The number of carbonyl (C=O) groups excluding carboxylic acids is 3. The molecule has 10 heteroatoms. The van der Waals surface area contributed by atoms with Gasteiger partial charge in [0.05, 0.1) is 0 Å². The van der Waals surface area contributed by atoms with E-state index in [1.807, 2.05) is 12.2 Å². The number of hydrogen-bond donors (Lipinski definition) is 2. The smallest absolute Gasteiger partial charge is 0.343 e. The Bertz CT molecular complexity index is 882. The Morgan fingerprint density at radius 1 is 1.36 bits per heavy atom. The number of rotatable bonds is 5. The lowest BCUT2D eigenvalue weighted by molar-refractivity contribution is -0.123. The van der Waals surface area contributed by atoms with E-state index >= 15 is 0 Å². The number of urea groups is 1. The number of furan rings is 1. The number of carbonyl (C=O) groups is 3. The van der Waals surface area contributed by atoms with Gasteiger partial charge in [0.15, 0.2) is 6.61 Å². The number of nitrogens with one attached hydrogen (secondary N) is 2. The third-order valence-electron chi connectivity index (χ3n) is 3.28. The van der Waals surface area contributed by atoms with Crippen molar-refractivity contribution in [3.8, 4) is 0 Å². The maximum atomic E-state index is 12.2. The van der Waals surface area contributed by atoms with Crippen LogP contribution in [0.1, 0.15) is 29.5 Å². The fraction of sp³-hybridized carbons (Fsp3) is 0.400. The predicted octanol–water partition coefficient (Wildman–Crippen LogP) is 0.228. The van der Waals surface area contributed by atoms with Gasteiger partial charge in [0.1, 0.15) is 23.0 Å². The van der Waals surface area contributed by atoms with Crippen LogP contribution in [0.4, 0.5) is 4.79 Å². The quantitative estimate of drug-likeness (QED) is 0.737. The molecule has 0 spiro atoms. The van der Waals surface area contributed by atoms with Crippen molar-refractivity contribution in [2.75, 3.05) is 13.2 Å². The number of fused-ring (bicyclic) bond motifs is 1. The van der Waals surface area contributed by atoms with Crippen LogP contribution >= 0.6 is 0 Å². The average molecular weight is 350 g/mol. The second-order valence-electron chi connectivity index (χ2n) is 5.25. The first-order valence-electron chi connectivity index (χ1n) is 7.54. The lowest BCUT2D eigenvalue weighted by Gasteiger charge is -2.06. The fourth-order valence-corrected chi connectivity index (χ4v) is 2.08. The molecule has 0 saturated heterocycles. The first-order chi connectivity index (χ1) is 11.8. The highest BCUT2D eigenvalue weighted by atomic mass is 16.5. The molecule has 0 aliphatic carbocycles. The molecule has 0 unspecified atom stereocenters. The minimum Gasteiger partial charge on any atom is -0.452 e. The van der Waals surface area contributed by atoms with Crippen molar-refractivity contribution in [3.63, 3.8) is 0 Å². The van der Waals surface area contributed by atoms with Crippen molar-refractivity contribution in [2.45, 2.75) is 20.3 Å². The molecule has 3 amide bonds. The van der Waals surface area contributed by atoms with Gasteiger partial charge < -0.3 is 19.0 Å². The number of aryl methyl sites for hydroxylation is 2. The van der Waals surface area contributed by atoms with E-state index in [-0.39, 0.29) is 22.4 Å². The third kappa shape index (κ3) is 4.03. The zero-order valence-corrected chi connectivity index (χ0v) is 14.0. The zero-order valence-electron chi connectivity index (χ0n) is 14.0. The number of esters is 1. The van der Waals surface area contributed by atoms with Crippen LogP contribution in [0.15, 0.2) is 15.5 Å². The zero-order chi connectivity index (χ0) is 18.6. The van der Waals surface area contributed by atoms with Crippen LogP contribution in [0.2, 0.25) is 0 Å². The molecule has 0 aliphatic rings. The summed E-state index contributed by atoms with van der Waals surface area (Å²) >= 11 is 0. The fourth-order valence-electron chi connectivity index (χ4n) is 2.08. The minimum absolute atomic E-state index is 0.0101. The number of imide groups is 1. The third-order valence-corrected chi connectivity index (χ3v) is 3.28. The number of amides is 3. The molecule has 2 rings (SSSR count). The van der Waals surface area contributed by atoms with E-state index in [1.54, 1.807) is 0 Å². The summed E-state index contributed by atoms with van der Waals surface area (Å²) in [6, 6.07) is -0.675. The first-order valence-corrected chi connectivity index (χ1v) is 7.54. The van der Waals surface area contributed by atoms with Gasteiger partial charge in [-0.15, -0.1) is 0 Å². The summed E-state index contributed by atoms with van der Waals surface area (Å²) in [5, 5.41) is 4.45. The second kappa shape index (κ2) is 7.60. The highest BCUT2D eigenvalue weighted by Crippen LogP contribution is 2.21.